The Balaban J connectivity index is 2.06. The Labute approximate surface area is 133 Å². The number of aryl methyl sites for hydroxylation is 1. The minimum absolute atomic E-state index is 0.0456. The molecule has 3 aromatic rings. The van der Waals surface area contributed by atoms with Crippen LogP contribution in [-0.2, 0) is 6.18 Å². The van der Waals surface area contributed by atoms with Gasteiger partial charge in [0.05, 0.1) is 0 Å². The van der Waals surface area contributed by atoms with E-state index in [1.54, 1.807) is 0 Å². The summed E-state index contributed by atoms with van der Waals surface area (Å²) >= 11 is 0. The molecule has 3 rings (SSSR count). The molecule has 0 unspecified atom stereocenters. The smallest absolute Gasteiger partial charge is 0.437 e. The van der Waals surface area contributed by atoms with Crippen LogP contribution in [0.4, 0.5) is 13.2 Å². The number of benzene rings is 1. The monoisotopic (exact) mass is 337 g/mol. The molecule has 0 aliphatic carbocycles. The summed E-state index contributed by atoms with van der Waals surface area (Å²) in [4.78, 5) is 14.6. The standard InChI is InChI=1S/C16H10F3NO4/c1-8-13(15(21)22)10-7-9(4-5-11(10)23-8)24-12-3-2-6-20-14(12)16(17,18)19/h2-7H,1H3,(H,21,22). The third-order valence-corrected chi connectivity index (χ3v) is 3.32. The van der Waals surface area contributed by atoms with Crippen LogP contribution < -0.4 is 4.74 Å². The van der Waals surface area contributed by atoms with E-state index in [0.29, 0.717) is 5.58 Å². The van der Waals surface area contributed by atoms with Crippen molar-refractivity contribution in [3.05, 3.63) is 53.5 Å². The van der Waals surface area contributed by atoms with Crippen molar-refractivity contribution in [2.45, 2.75) is 13.1 Å². The summed E-state index contributed by atoms with van der Waals surface area (Å²) in [6.45, 7) is 1.49. The average Bonchev–Trinajstić information content (AvgIpc) is 2.82. The van der Waals surface area contributed by atoms with Crippen molar-refractivity contribution in [1.82, 2.24) is 4.98 Å². The quantitative estimate of drug-likeness (QED) is 0.753. The lowest BCUT2D eigenvalue weighted by Gasteiger charge is -2.12. The Hall–Kier alpha value is -3.03. The third-order valence-electron chi connectivity index (χ3n) is 3.32. The van der Waals surface area contributed by atoms with Gasteiger partial charge in [0.1, 0.15) is 22.7 Å². The first-order valence-corrected chi connectivity index (χ1v) is 6.74. The van der Waals surface area contributed by atoms with Crippen LogP contribution in [0.2, 0.25) is 0 Å². The molecule has 0 spiro atoms. The molecule has 24 heavy (non-hydrogen) atoms. The van der Waals surface area contributed by atoms with Gasteiger partial charge in [-0.1, -0.05) is 0 Å². The molecule has 0 aliphatic rings. The molecular weight excluding hydrogens is 327 g/mol. The zero-order chi connectivity index (χ0) is 17.5. The molecule has 0 saturated carbocycles. The van der Waals surface area contributed by atoms with Crippen LogP contribution in [0.1, 0.15) is 21.8 Å². The third kappa shape index (κ3) is 2.78. The molecule has 0 aliphatic heterocycles. The Morgan fingerprint density at radius 2 is 2.04 bits per heavy atom. The van der Waals surface area contributed by atoms with Gasteiger partial charge in [-0.3, -0.25) is 0 Å². The molecule has 0 saturated heterocycles. The fourth-order valence-corrected chi connectivity index (χ4v) is 2.34. The summed E-state index contributed by atoms with van der Waals surface area (Å²) in [6.07, 6.45) is -3.65. The van der Waals surface area contributed by atoms with Crippen LogP contribution >= 0.6 is 0 Å². The van der Waals surface area contributed by atoms with E-state index in [-0.39, 0.29) is 22.5 Å². The second-order valence-corrected chi connectivity index (χ2v) is 4.95. The van der Waals surface area contributed by atoms with Crippen molar-refractivity contribution in [1.29, 1.82) is 0 Å². The number of halogens is 3. The highest BCUT2D eigenvalue weighted by atomic mass is 19.4. The number of ether oxygens (including phenoxy) is 1. The highest BCUT2D eigenvalue weighted by molar-refractivity contribution is 6.03. The van der Waals surface area contributed by atoms with E-state index in [2.05, 4.69) is 4.98 Å². The molecule has 0 fully saturated rings. The second kappa shape index (κ2) is 5.55. The van der Waals surface area contributed by atoms with Crippen LogP contribution in [0.5, 0.6) is 11.5 Å². The Bertz CT molecular complexity index is 931. The van der Waals surface area contributed by atoms with Crippen LogP contribution in [-0.4, -0.2) is 16.1 Å². The number of aromatic carboxylic acids is 1. The Kier molecular flexibility index (Phi) is 3.67. The van der Waals surface area contributed by atoms with Gasteiger partial charge in [0.25, 0.3) is 0 Å². The number of aromatic nitrogens is 1. The topological polar surface area (TPSA) is 72.6 Å². The zero-order valence-corrected chi connectivity index (χ0v) is 12.2. The van der Waals surface area contributed by atoms with Crippen LogP contribution in [0.25, 0.3) is 11.0 Å². The SMILES string of the molecule is Cc1oc2ccc(Oc3cccnc3C(F)(F)F)cc2c1C(=O)O. The number of nitrogens with zero attached hydrogens (tertiary/aromatic N) is 1. The highest BCUT2D eigenvalue weighted by Gasteiger charge is 2.36. The molecule has 1 N–H and O–H groups in total. The summed E-state index contributed by atoms with van der Waals surface area (Å²) in [6, 6.07) is 6.60. The summed E-state index contributed by atoms with van der Waals surface area (Å²) in [5.74, 6) is -1.42. The number of hydrogen-bond acceptors (Lipinski definition) is 4. The van der Waals surface area contributed by atoms with Gasteiger partial charge >= 0.3 is 12.1 Å². The fourth-order valence-electron chi connectivity index (χ4n) is 2.34. The van der Waals surface area contributed by atoms with Crippen LogP contribution in [0, 0.1) is 6.92 Å². The van der Waals surface area contributed by atoms with Crippen molar-refractivity contribution in [2.75, 3.05) is 0 Å². The molecular formula is C16H10F3NO4. The van der Waals surface area contributed by atoms with Crippen molar-refractivity contribution >= 4 is 16.9 Å². The van der Waals surface area contributed by atoms with Gasteiger partial charge in [0.2, 0.25) is 0 Å². The maximum absolute atomic E-state index is 12.9. The fraction of sp³-hybridized carbons (Fsp3) is 0.125. The van der Waals surface area contributed by atoms with E-state index in [1.165, 1.54) is 31.2 Å². The molecule has 2 heterocycles. The van der Waals surface area contributed by atoms with Gasteiger partial charge in [-0.2, -0.15) is 13.2 Å². The number of fused-ring (bicyclic) bond motifs is 1. The highest BCUT2D eigenvalue weighted by Crippen LogP contribution is 2.37. The lowest BCUT2D eigenvalue weighted by molar-refractivity contribution is -0.142. The first-order valence-electron chi connectivity index (χ1n) is 6.74. The lowest BCUT2D eigenvalue weighted by atomic mass is 10.1. The van der Waals surface area contributed by atoms with E-state index >= 15 is 0 Å². The largest absolute Gasteiger partial charge is 0.478 e. The maximum Gasteiger partial charge on any atom is 0.437 e. The lowest BCUT2D eigenvalue weighted by Crippen LogP contribution is -2.09. The molecule has 1 aromatic carbocycles. The van der Waals surface area contributed by atoms with E-state index < -0.39 is 23.6 Å². The number of hydrogen-bond donors (Lipinski definition) is 1. The predicted molar refractivity (Wildman–Crippen MR) is 77.2 cm³/mol. The molecule has 0 bridgehead atoms. The number of carboxylic acid groups (broad SMARTS) is 1. The minimum Gasteiger partial charge on any atom is -0.478 e. The first kappa shape index (κ1) is 15.9. The van der Waals surface area contributed by atoms with Gasteiger partial charge in [0, 0.05) is 11.6 Å². The van der Waals surface area contributed by atoms with Crippen molar-refractivity contribution in [2.24, 2.45) is 0 Å². The molecule has 0 amide bonds. The summed E-state index contributed by atoms with van der Waals surface area (Å²) < 4.78 is 49.4. The average molecular weight is 337 g/mol. The zero-order valence-electron chi connectivity index (χ0n) is 12.2. The molecule has 8 heteroatoms. The number of alkyl halides is 3. The van der Waals surface area contributed by atoms with E-state index in [4.69, 9.17) is 9.15 Å². The Morgan fingerprint density at radius 1 is 1.29 bits per heavy atom. The Morgan fingerprint density at radius 3 is 2.71 bits per heavy atom. The molecule has 2 aromatic heterocycles. The minimum atomic E-state index is -4.67. The normalized spacial score (nSPS) is 11.7. The van der Waals surface area contributed by atoms with Crippen molar-refractivity contribution in [3.63, 3.8) is 0 Å². The molecule has 0 atom stereocenters. The number of furan rings is 1. The van der Waals surface area contributed by atoms with Crippen LogP contribution in [0.3, 0.4) is 0 Å². The number of carboxylic acids is 1. The first-order chi connectivity index (χ1) is 11.3. The maximum atomic E-state index is 12.9. The predicted octanol–water partition coefficient (Wildman–Crippen LogP) is 4.65. The molecule has 5 nitrogen and oxygen atoms in total. The second-order valence-electron chi connectivity index (χ2n) is 4.95. The summed E-state index contributed by atoms with van der Waals surface area (Å²) in [5.41, 5.74) is -0.913. The van der Waals surface area contributed by atoms with E-state index in [1.807, 2.05) is 0 Å². The summed E-state index contributed by atoms with van der Waals surface area (Å²) in [5, 5.41) is 9.47. The van der Waals surface area contributed by atoms with Crippen LogP contribution in [0.15, 0.2) is 40.9 Å². The van der Waals surface area contributed by atoms with Crippen molar-refractivity contribution < 1.29 is 32.2 Å². The number of carbonyl (C=O) groups is 1. The van der Waals surface area contributed by atoms with E-state index in [9.17, 15) is 23.1 Å². The van der Waals surface area contributed by atoms with Gasteiger partial charge < -0.3 is 14.3 Å². The molecule has 0 radical (unpaired) electrons. The molecule has 124 valence electrons. The van der Waals surface area contributed by atoms with Crippen molar-refractivity contribution in [3.8, 4) is 11.5 Å². The van der Waals surface area contributed by atoms with Gasteiger partial charge in [-0.25, -0.2) is 9.78 Å². The van der Waals surface area contributed by atoms with E-state index in [0.717, 1.165) is 12.3 Å². The van der Waals surface area contributed by atoms with Gasteiger partial charge in [-0.15, -0.1) is 0 Å². The number of pyridine rings is 1. The summed E-state index contributed by atoms with van der Waals surface area (Å²) in [7, 11) is 0. The van der Waals surface area contributed by atoms with Gasteiger partial charge in [-0.05, 0) is 37.3 Å². The van der Waals surface area contributed by atoms with Gasteiger partial charge in [0.15, 0.2) is 11.4 Å². The number of rotatable bonds is 3.